The van der Waals surface area contributed by atoms with Gasteiger partial charge in [-0.1, -0.05) is 32.9 Å². The van der Waals surface area contributed by atoms with Gasteiger partial charge in [-0.3, -0.25) is 4.79 Å². The van der Waals surface area contributed by atoms with Gasteiger partial charge in [-0.15, -0.1) is 11.3 Å². The number of anilines is 3. The minimum absolute atomic E-state index is 0.0481. The van der Waals surface area contributed by atoms with Crippen molar-refractivity contribution in [2.45, 2.75) is 47.7 Å². The van der Waals surface area contributed by atoms with Crippen LogP contribution in [0.1, 0.15) is 45.9 Å². The number of nitrogens with one attached hydrogen (secondary N) is 1. The summed E-state index contributed by atoms with van der Waals surface area (Å²) < 4.78 is 13.1. The van der Waals surface area contributed by atoms with Crippen LogP contribution in [0, 0.1) is 11.2 Å². The molecule has 0 bridgehead atoms. The molecule has 0 spiro atoms. The first-order valence-electron chi connectivity index (χ1n) is 11.3. The molecule has 0 aliphatic heterocycles. The zero-order valence-corrected chi connectivity index (χ0v) is 20.9. The molecule has 0 atom stereocenters. The number of hydrogen-bond donors (Lipinski definition) is 1. The Bertz CT molecular complexity index is 1040. The molecule has 5 nitrogen and oxygen atoms in total. The standard InChI is InChI=1S/C26H33FN4OS/c1-6-30(7-2)22-12-14-23(15-13-22)31(24(32)26(3,4)5)17-21-18-33-25(29-21)28-16-19-8-10-20(27)11-9-19/h8-15,18H,6-7,16-17H2,1-5H3,(H,28,29). The van der Waals surface area contributed by atoms with Gasteiger partial charge in [-0.25, -0.2) is 9.37 Å². The van der Waals surface area contributed by atoms with Gasteiger partial charge in [0.15, 0.2) is 5.13 Å². The minimum Gasteiger partial charge on any atom is -0.372 e. The third-order valence-electron chi connectivity index (χ3n) is 5.41. The summed E-state index contributed by atoms with van der Waals surface area (Å²) in [6, 6.07) is 14.6. The van der Waals surface area contributed by atoms with Crippen LogP contribution in [0.3, 0.4) is 0 Å². The normalized spacial score (nSPS) is 11.3. The number of rotatable bonds is 9. The van der Waals surface area contributed by atoms with Gasteiger partial charge in [-0.05, 0) is 55.8 Å². The number of hydrogen-bond acceptors (Lipinski definition) is 5. The molecular weight excluding hydrogens is 435 g/mol. The molecule has 1 amide bonds. The molecule has 0 aliphatic carbocycles. The molecule has 7 heteroatoms. The third-order valence-corrected chi connectivity index (χ3v) is 6.25. The monoisotopic (exact) mass is 468 g/mol. The van der Waals surface area contributed by atoms with E-state index >= 15 is 0 Å². The molecule has 1 N–H and O–H groups in total. The van der Waals surface area contributed by atoms with Gasteiger partial charge in [0.05, 0.1) is 12.2 Å². The summed E-state index contributed by atoms with van der Waals surface area (Å²) in [5, 5.41) is 6.03. The summed E-state index contributed by atoms with van der Waals surface area (Å²) in [7, 11) is 0. The van der Waals surface area contributed by atoms with E-state index in [-0.39, 0.29) is 11.7 Å². The highest BCUT2D eigenvalue weighted by atomic mass is 32.1. The minimum atomic E-state index is -0.517. The lowest BCUT2D eigenvalue weighted by atomic mass is 9.94. The van der Waals surface area contributed by atoms with E-state index in [9.17, 15) is 9.18 Å². The lowest BCUT2D eigenvalue weighted by molar-refractivity contribution is -0.125. The number of nitrogens with zero attached hydrogens (tertiary/aromatic N) is 3. The molecule has 3 rings (SSSR count). The summed E-state index contributed by atoms with van der Waals surface area (Å²) in [4.78, 5) is 22.1. The van der Waals surface area contributed by atoms with Gasteiger partial charge >= 0.3 is 0 Å². The van der Waals surface area contributed by atoms with E-state index in [0.29, 0.717) is 13.1 Å². The molecule has 176 valence electrons. The zero-order chi connectivity index (χ0) is 24.0. The Morgan fingerprint density at radius 1 is 1.00 bits per heavy atom. The Hall–Kier alpha value is -2.93. The number of carbonyl (C=O) groups excluding carboxylic acids is 1. The Labute approximate surface area is 200 Å². The Kier molecular flexibility index (Phi) is 8.08. The van der Waals surface area contributed by atoms with Crippen LogP contribution >= 0.6 is 11.3 Å². The zero-order valence-electron chi connectivity index (χ0n) is 20.1. The lowest BCUT2D eigenvalue weighted by Gasteiger charge is -2.30. The van der Waals surface area contributed by atoms with Gasteiger partial charge in [-0.2, -0.15) is 0 Å². The second-order valence-corrected chi connectivity index (χ2v) is 9.81. The van der Waals surface area contributed by atoms with Crippen molar-refractivity contribution in [1.29, 1.82) is 0 Å². The average molecular weight is 469 g/mol. The van der Waals surface area contributed by atoms with Gasteiger partial charge in [0.25, 0.3) is 0 Å². The highest BCUT2D eigenvalue weighted by Gasteiger charge is 2.29. The van der Waals surface area contributed by atoms with Crippen molar-refractivity contribution in [3.63, 3.8) is 0 Å². The third kappa shape index (κ3) is 6.54. The second-order valence-electron chi connectivity index (χ2n) is 8.95. The fourth-order valence-corrected chi connectivity index (χ4v) is 4.22. The largest absolute Gasteiger partial charge is 0.372 e. The van der Waals surface area contributed by atoms with Crippen LogP contribution in [0.4, 0.5) is 20.9 Å². The molecule has 3 aromatic rings. The lowest BCUT2D eigenvalue weighted by Crippen LogP contribution is -2.39. The Balaban J connectivity index is 1.76. The number of aromatic nitrogens is 1. The van der Waals surface area contributed by atoms with Crippen molar-refractivity contribution in [2.24, 2.45) is 5.41 Å². The highest BCUT2D eigenvalue weighted by molar-refractivity contribution is 7.13. The van der Waals surface area contributed by atoms with Crippen molar-refractivity contribution >= 4 is 33.8 Å². The molecule has 0 fully saturated rings. The van der Waals surface area contributed by atoms with E-state index in [2.05, 4.69) is 41.2 Å². The summed E-state index contributed by atoms with van der Waals surface area (Å²) in [5.74, 6) is -0.198. The first kappa shape index (κ1) is 24.7. The van der Waals surface area contributed by atoms with Crippen molar-refractivity contribution in [2.75, 3.05) is 28.2 Å². The van der Waals surface area contributed by atoms with Crippen LogP contribution in [-0.2, 0) is 17.9 Å². The maximum Gasteiger partial charge on any atom is 0.232 e. The number of thiazole rings is 1. The molecule has 0 aliphatic rings. The van der Waals surface area contributed by atoms with Gasteiger partial charge in [0.1, 0.15) is 5.82 Å². The van der Waals surface area contributed by atoms with Crippen LogP contribution in [0.25, 0.3) is 0 Å². The Morgan fingerprint density at radius 2 is 1.61 bits per heavy atom. The van der Waals surface area contributed by atoms with E-state index < -0.39 is 5.41 Å². The number of amides is 1. The molecule has 1 heterocycles. The SMILES string of the molecule is CCN(CC)c1ccc(N(Cc2csc(NCc3ccc(F)cc3)n2)C(=O)C(C)(C)C)cc1. The topological polar surface area (TPSA) is 48.5 Å². The average Bonchev–Trinajstić information content (AvgIpc) is 3.25. The molecule has 2 aromatic carbocycles. The van der Waals surface area contributed by atoms with E-state index in [1.807, 2.05) is 43.2 Å². The van der Waals surface area contributed by atoms with Crippen LogP contribution in [-0.4, -0.2) is 24.0 Å². The summed E-state index contributed by atoms with van der Waals surface area (Å²) in [6.45, 7) is 12.9. The van der Waals surface area contributed by atoms with Crippen LogP contribution in [0.2, 0.25) is 0 Å². The van der Waals surface area contributed by atoms with Crippen molar-refractivity contribution in [3.8, 4) is 0 Å². The second kappa shape index (κ2) is 10.8. The highest BCUT2D eigenvalue weighted by Crippen LogP contribution is 2.28. The summed E-state index contributed by atoms with van der Waals surface area (Å²) >= 11 is 1.50. The molecule has 0 unspecified atom stereocenters. The van der Waals surface area contributed by atoms with E-state index in [1.165, 1.54) is 23.5 Å². The first-order valence-corrected chi connectivity index (χ1v) is 12.2. The van der Waals surface area contributed by atoms with Crippen molar-refractivity contribution in [1.82, 2.24) is 4.98 Å². The quantitative estimate of drug-likeness (QED) is 0.399. The molecule has 0 radical (unpaired) electrons. The first-order chi connectivity index (χ1) is 15.7. The molecule has 1 aromatic heterocycles. The summed E-state index contributed by atoms with van der Waals surface area (Å²) in [5.41, 5.74) is 3.29. The van der Waals surface area contributed by atoms with Gasteiger partial charge < -0.3 is 15.1 Å². The van der Waals surface area contributed by atoms with Crippen LogP contribution < -0.4 is 15.1 Å². The van der Waals surface area contributed by atoms with E-state index in [0.717, 1.165) is 40.9 Å². The fraction of sp³-hybridized carbons (Fsp3) is 0.385. The van der Waals surface area contributed by atoms with Crippen molar-refractivity contribution in [3.05, 3.63) is 71.0 Å². The van der Waals surface area contributed by atoms with Gasteiger partial charge in [0.2, 0.25) is 5.91 Å². The van der Waals surface area contributed by atoms with E-state index in [1.54, 1.807) is 12.1 Å². The maximum atomic E-state index is 13.3. The Morgan fingerprint density at radius 3 is 2.18 bits per heavy atom. The van der Waals surface area contributed by atoms with Crippen LogP contribution in [0.15, 0.2) is 53.9 Å². The predicted molar refractivity (Wildman–Crippen MR) is 136 cm³/mol. The number of benzene rings is 2. The fourth-order valence-electron chi connectivity index (χ4n) is 3.52. The van der Waals surface area contributed by atoms with Gasteiger partial charge in [0, 0.05) is 41.8 Å². The smallest absolute Gasteiger partial charge is 0.232 e. The summed E-state index contributed by atoms with van der Waals surface area (Å²) in [6.07, 6.45) is 0. The van der Waals surface area contributed by atoms with Crippen molar-refractivity contribution < 1.29 is 9.18 Å². The molecule has 0 saturated heterocycles. The molecule has 33 heavy (non-hydrogen) atoms. The maximum absolute atomic E-state index is 13.3. The number of carbonyl (C=O) groups is 1. The predicted octanol–water partition coefficient (Wildman–Crippen LogP) is 6.32. The molecular formula is C26H33FN4OS. The van der Waals surface area contributed by atoms with E-state index in [4.69, 9.17) is 0 Å². The van der Waals surface area contributed by atoms with Crippen LogP contribution in [0.5, 0.6) is 0 Å². The molecule has 0 saturated carbocycles. The number of halogens is 1.